The first-order valence-electron chi connectivity index (χ1n) is 8.87. The number of ether oxygens (including phenoxy) is 1. The molecule has 0 aliphatic rings. The van der Waals surface area contributed by atoms with E-state index in [0.29, 0.717) is 23.8 Å². The van der Waals surface area contributed by atoms with Crippen molar-refractivity contribution in [3.63, 3.8) is 0 Å². The van der Waals surface area contributed by atoms with Gasteiger partial charge in [-0.2, -0.15) is 0 Å². The highest BCUT2D eigenvalue weighted by molar-refractivity contribution is 7.99. The molecular weight excluding hydrogens is 374 g/mol. The van der Waals surface area contributed by atoms with Crippen LogP contribution in [0.2, 0.25) is 0 Å². The van der Waals surface area contributed by atoms with Gasteiger partial charge >= 0.3 is 0 Å². The third kappa shape index (κ3) is 3.91. The number of rotatable bonds is 7. The van der Waals surface area contributed by atoms with Crippen LogP contribution in [0.15, 0.2) is 53.7 Å². The molecule has 0 unspecified atom stereocenters. The molecule has 0 atom stereocenters. The normalized spacial score (nSPS) is 11.0. The predicted octanol–water partition coefficient (Wildman–Crippen LogP) is 2.97. The fraction of sp³-hybridized carbons (Fsp3) is 0.200. The van der Waals surface area contributed by atoms with Crippen molar-refractivity contribution in [3.05, 3.63) is 54.1 Å². The zero-order chi connectivity index (χ0) is 19.3. The summed E-state index contributed by atoms with van der Waals surface area (Å²) in [4.78, 5) is 19.8. The molecule has 4 rings (SSSR count). The second kappa shape index (κ2) is 8.26. The topological polar surface area (TPSA) is 92.8 Å². The number of carbonyl (C=O) groups is 1. The first-order valence-corrected chi connectivity index (χ1v) is 9.85. The van der Waals surface area contributed by atoms with Gasteiger partial charge in [0.05, 0.1) is 12.9 Å². The van der Waals surface area contributed by atoms with Crippen molar-refractivity contribution in [3.8, 4) is 5.75 Å². The van der Waals surface area contributed by atoms with E-state index in [1.807, 2.05) is 48.5 Å². The maximum Gasteiger partial charge on any atom is 0.230 e. The lowest BCUT2D eigenvalue weighted by Crippen LogP contribution is -2.27. The van der Waals surface area contributed by atoms with E-state index in [1.54, 1.807) is 7.11 Å². The average Bonchev–Trinajstić information content (AvgIpc) is 3.10. The summed E-state index contributed by atoms with van der Waals surface area (Å²) < 4.78 is 5.32. The van der Waals surface area contributed by atoms with Crippen molar-refractivity contribution in [2.45, 2.75) is 11.6 Å². The van der Waals surface area contributed by atoms with Crippen LogP contribution < -0.4 is 10.1 Å². The molecule has 8 heteroatoms. The summed E-state index contributed by atoms with van der Waals surface area (Å²) in [5, 5.41) is 12.8. The van der Waals surface area contributed by atoms with Crippen molar-refractivity contribution in [2.75, 3.05) is 19.4 Å². The first kappa shape index (κ1) is 18.2. The van der Waals surface area contributed by atoms with Crippen molar-refractivity contribution >= 4 is 39.7 Å². The number of amides is 1. The summed E-state index contributed by atoms with van der Waals surface area (Å²) >= 11 is 1.27. The van der Waals surface area contributed by atoms with Gasteiger partial charge in [0.15, 0.2) is 5.65 Å². The van der Waals surface area contributed by atoms with E-state index in [9.17, 15) is 4.79 Å². The van der Waals surface area contributed by atoms with Crippen molar-refractivity contribution in [2.24, 2.45) is 0 Å². The molecule has 1 amide bonds. The number of hydrogen-bond acceptors (Lipinski definition) is 6. The van der Waals surface area contributed by atoms with E-state index in [0.717, 1.165) is 27.7 Å². The maximum absolute atomic E-state index is 12.1. The van der Waals surface area contributed by atoms with Crippen molar-refractivity contribution in [1.29, 1.82) is 0 Å². The molecule has 0 fully saturated rings. The molecule has 2 aromatic carbocycles. The number of aromatic nitrogens is 4. The summed E-state index contributed by atoms with van der Waals surface area (Å²) in [6.45, 7) is 0.542. The Kier molecular flexibility index (Phi) is 5.38. The maximum atomic E-state index is 12.1. The Morgan fingerprint density at radius 2 is 1.96 bits per heavy atom. The second-order valence-corrected chi connectivity index (χ2v) is 7.11. The lowest BCUT2D eigenvalue weighted by atomic mass is 10.1. The Balaban J connectivity index is 1.32. The number of hydrogen-bond donors (Lipinski definition) is 2. The van der Waals surface area contributed by atoms with Crippen molar-refractivity contribution in [1.82, 2.24) is 25.5 Å². The number of nitrogens with one attached hydrogen (secondary N) is 2. The van der Waals surface area contributed by atoms with Crippen LogP contribution in [0.5, 0.6) is 5.75 Å². The minimum absolute atomic E-state index is 0.0692. The quantitative estimate of drug-likeness (QED) is 0.469. The SMILES string of the molecule is COc1ccccc1CCNC(=O)CSc1nnc2c(n1)[nH]c1ccccc12. The largest absolute Gasteiger partial charge is 0.496 e. The minimum atomic E-state index is -0.0692. The van der Waals surface area contributed by atoms with E-state index in [1.165, 1.54) is 11.8 Å². The molecule has 4 aromatic rings. The van der Waals surface area contributed by atoms with Gasteiger partial charge in [0.2, 0.25) is 11.1 Å². The Bertz CT molecular complexity index is 1130. The molecule has 0 radical (unpaired) electrons. The number of benzene rings is 2. The molecule has 0 saturated carbocycles. The Morgan fingerprint density at radius 3 is 2.86 bits per heavy atom. The van der Waals surface area contributed by atoms with Crippen LogP contribution in [-0.4, -0.2) is 45.5 Å². The number of nitrogens with zero attached hydrogens (tertiary/aromatic N) is 3. The molecule has 0 bridgehead atoms. The summed E-state index contributed by atoms with van der Waals surface area (Å²) in [7, 11) is 1.64. The summed E-state index contributed by atoms with van der Waals surface area (Å²) in [6.07, 6.45) is 0.708. The van der Waals surface area contributed by atoms with Crippen LogP contribution in [0.1, 0.15) is 5.56 Å². The van der Waals surface area contributed by atoms with Gasteiger partial charge in [0.25, 0.3) is 0 Å². The number of para-hydroxylation sites is 2. The van der Waals surface area contributed by atoms with Crippen LogP contribution in [0.3, 0.4) is 0 Å². The minimum Gasteiger partial charge on any atom is -0.496 e. The molecule has 2 heterocycles. The molecule has 2 aromatic heterocycles. The van der Waals surface area contributed by atoms with Gasteiger partial charge < -0.3 is 15.0 Å². The predicted molar refractivity (Wildman–Crippen MR) is 110 cm³/mol. The van der Waals surface area contributed by atoms with E-state index in [2.05, 4.69) is 25.5 Å². The average molecular weight is 393 g/mol. The van der Waals surface area contributed by atoms with Gasteiger partial charge in [0, 0.05) is 17.4 Å². The molecule has 0 spiro atoms. The van der Waals surface area contributed by atoms with Crippen LogP contribution in [-0.2, 0) is 11.2 Å². The Hall–Kier alpha value is -3.13. The van der Waals surface area contributed by atoms with Gasteiger partial charge in [-0.3, -0.25) is 4.79 Å². The first-order chi connectivity index (χ1) is 13.7. The number of thioether (sulfide) groups is 1. The lowest BCUT2D eigenvalue weighted by Gasteiger charge is -2.08. The highest BCUT2D eigenvalue weighted by Gasteiger charge is 2.11. The van der Waals surface area contributed by atoms with E-state index in [-0.39, 0.29) is 11.7 Å². The van der Waals surface area contributed by atoms with E-state index in [4.69, 9.17) is 4.74 Å². The molecule has 28 heavy (non-hydrogen) atoms. The van der Waals surface area contributed by atoms with E-state index >= 15 is 0 Å². The Morgan fingerprint density at radius 1 is 1.14 bits per heavy atom. The fourth-order valence-electron chi connectivity index (χ4n) is 2.99. The molecule has 0 aliphatic carbocycles. The van der Waals surface area contributed by atoms with Gasteiger partial charge in [-0.1, -0.05) is 48.2 Å². The molecule has 142 valence electrons. The van der Waals surface area contributed by atoms with Gasteiger partial charge in [-0.15, -0.1) is 10.2 Å². The van der Waals surface area contributed by atoms with Crippen LogP contribution in [0.25, 0.3) is 22.1 Å². The fourth-order valence-corrected chi connectivity index (χ4v) is 3.61. The number of carbonyl (C=O) groups excluding carboxylic acids is 1. The summed E-state index contributed by atoms with van der Waals surface area (Å²) in [6, 6.07) is 15.7. The number of aromatic amines is 1. The third-order valence-electron chi connectivity index (χ3n) is 4.34. The summed E-state index contributed by atoms with van der Waals surface area (Å²) in [5.74, 6) is 0.997. The van der Waals surface area contributed by atoms with Gasteiger partial charge in [-0.25, -0.2) is 4.98 Å². The third-order valence-corrected chi connectivity index (χ3v) is 5.18. The van der Waals surface area contributed by atoms with Crippen molar-refractivity contribution < 1.29 is 9.53 Å². The zero-order valence-corrected chi connectivity index (χ0v) is 16.1. The summed E-state index contributed by atoms with van der Waals surface area (Å²) in [5.41, 5.74) is 3.45. The second-order valence-electron chi connectivity index (χ2n) is 6.16. The highest BCUT2D eigenvalue weighted by Crippen LogP contribution is 2.23. The van der Waals surface area contributed by atoms with E-state index < -0.39 is 0 Å². The molecule has 7 nitrogen and oxygen atoms in total. The number of H-pyrrole nitrogens is 1. The van der Waals surface area contributed by atoms with Crippen LogP contribution in [0.4, 0.5) is 0 Å². The number of fused-ring (bicyclic) bond motifs is 3. The Labute approximate surface area is 165 Å². The van der Waals surface area contributed by atoms with Crippen LogP contribution >= 0.6 is 11.8 Å². The van der Waals surface area contributed by atoms with Crippen LogP contribution in [0, 0.1) is 0 Å². The lowest BCUT2D eigenvalue weighted by molar-refractivity contribution is -0.118. The smallest absolute Gasteiger partial charge is 0.230 e. The molecule has 0 saturated heterocycles. The van der Waals surface area contributed by atoms with Gasteiger partial charge in [-0.05, 0) is 24.1 Å². The monoisotopic (exact) mass is 393 g/mol. The highest BCUT2D eigenvalue weighted by atomic mass is 32.2. The molecule has 0 aliphatic heterocycles. The number of methoxy groups -OCH3 is 1. The molecular formula is C20H19N5O2S. The zero-order valence-electron chi connectivity index (χ0n) is 15.3. The molecule has 2 N–H and O–H groups in total. The standard InChI is InChI=1S/C20H19N5O2S/c1-27-16-9-5-2-6-13(16)10-11-21-17(26)12-28-20-23-19-18(24-25-20)14-7-3-4-8-15(14)22-19/h2-9H,10-12H2,1H3,(H,21,26)(H,22,23,25). The van der Waals surface area contributed by atoms with Gasteiger partial charge in [0.1, 0.15) is 11.3 Å².